The highest BCUT2D eigenvalue weighted by Gasteiger charge is 2.17. The fourth-order valence-electron chi connectivity index (χ4n) is 2.89. The number of nitrogens with zero attached hydrogens (tertiary/aromatic N) is 4. The number of ether oxygens (including phenoxy) is 2. The third-order valence-corrected chi connectivity index (χ3v) is 6.44. The van der Waals surface area contributed by atoms with Gasteiger partial charge in [0, 0.05) is 38.8 Å². The Morgan fingerprint density at radius 3 is 2.70 bits per heavy atom. The van der Waals surface area contributed by atoms with Gasteiger partial charge in [-0.2, -0.15) is 4.37 Å². The van der Waals surface area contributed by atoms with Gasteiger partial charge in [0.05, 0.1) is 27.0 Å². The van der Waals surface area contributed by atoms with E-state index < -0.39 is 5.82 Å². The highest BCUT2D eigenvalue weighted by atomic mass is 35.5. The fraction of sp³-hybridized carbons (Fsp3) is 0.150. The molecule has 0 saturated carbocycles. The Balaban J connectivity index is 1.68. The Bertz CT molecular complexity index is 1180. The SMILES string of the molecule is COc1ccc(CN(Sc2ccc3c(Cl)ncc(F)c3c2)c2ncns2)c(OC)c1. The molecule has 0 N–H and O–H groups in total. The summed E-state index contributed by atoms with van der Waals surface area (Å²) in [6.07, 6.45) is 2.63. The van der Waals surface area contributed by atoms with Crippen molar-refractivity contribution in [2.45, 2.75) is 11.4 Å². The maximum absolute atomic E-state index is 14.3. The molecule has 0 amide bonds. The van der Waals surface area contributed by atoms with E-state index in [-0.39, 0.29) is 5.15 Å². The van der Waals surface area contributed by atoms with E-state index in [1.165, 1.54) is 29.8 Å². The summed E-state index contributed by atoms with van der Waals surface area (Å²) < 4.78 is 31.2. The van der Waals surface area contributed by atoms with Crippen LogP contribution >= 0.6 is 35.1 Å². The van der Waals surface area contributed by atoms with Crippen LogP contribution in [0.25, 0.3) is 10.8 Å². The van der Waals surface area contributed by atoms with Crippen LogP contribution in [-0.2, 0) is 6.54 Å². The smallest absolute Gasteiger partial charge is 0.215 e. The minimum Gasteiger partial charge on any atom is -0.497 e. The van der Waals surface area contributed by atoms with Crippen LogP contribution in [0, 0.1) is 5.82 Å². The molecule has 0 aliphatic rings. The van der Waals surface area contributed by atoms with Crippen LogP contribution in [0.1, 0.15) is 5.56 Å². The summed E-state index contributed by atoms with van der Waals surface area (Å²) in [6.45, 7) is 0.491. The molecule has 0 radical (unpaired) electrons. The molecule has 0 atom stereocenters. The van der Waals surface area contributed by atoms with Gasteiger partial charge in [0.25, 0.3) is 0 Å². The lowest BCUT2D eigenvalue weighted by Crippen LogP contribution is -2.14. The number of hydrogen-bond donors (Lipinski definition) is 0. The summed E-state index contributed by atoms with van der Waals surface area (Å²) >= 11 is 8.80. The van der Waals surface area contributed by atoms with Crippen molar-refractivity contribution in [2.75, 3.05) is 18.5 Å². The lowest BCUT2D eigenvalue weighted by Gasteiger charge is -2.21. The highest BCUT2D eigenvalue weighted by Crippen LogP contribution is 2.36. The molecule has 6 nitrogen and oxygen atoms in total. The third-order valence-electron chi connectivity index (χ3n) is 4.35. The van der Waals surface area contributed by atoms with Crippen molar-refractivity contribution in [3.05, 3.63) is 65.5 Å². The van der Waals surface area contributed by atoms with Gasteiger partial charge in [0.2, 0.25) is 5.13 Å². The average molecular weight is 463 g/mol. The van der Waals surface area contributed by atoms with Crippen molar-refractivity contribution < 1.29 is 13.9 Å². The molecule has 4 aromatic rings. The zero-order valence-corrected chi connectivity index (χ0v) is 18.4. The molecule has 2 heterocycles. The van der Waals surface area contributed by atoms with Crippen molar-refractivity contribution in [1.82, 2.24) is 14.3 Å². The van der Waals surface area contributed by atoms with Gasteiger partial charge < -0.3 is 9.47 Å². The Morgan fingerprint density at radius 1 is 1.10 bits per heavy atom. The van der Waals surface area contributed by atoms with Gasteiger partial charge in [-0.15, -0.1) is 0 Å². The first kappa shape index (κ1) is 20.6. The minimum absolute atomic E-state index is 0.270. The second-order valence-electron chi connectivity index (χ2n) is 6.13. The molecule has 0 aliphatic carbocycles. The first-order valence-corrected chi connectivity index (χ1v) is 10.7. The third kappa shape index (κ3) is 4.28. The van der Waals surface area contributed by atoms with Gasteiger partial charge in [-0.1, -0.05) is 11.6 Å². The first-order valence-electron chi connectivity index (χ1n) is 8.76. The molecule has 154 valence electrons. The number of rotatable bonds is 7. The maximum Gasteiger partial charge on any atom is 0.215 e. The van der Waals surface area contributed by atoms with Gasteiger partial charge in [0.15, 0.2) is 0 Å². The number of benzene rings is 2. The summed E-state index contributed by atoms with van der Waals surface area (Å²) in [6, 6.07) is 11.0. The standard InChI is InChI=1S/C20H16ClFN4O2S2/c1-27-13-4-3-12(18(7-13)28-2)10-26(20-24-11-25-29-20)30-14-5-6-15-16(8-14)17(22)9-23-19(15)21/h3-9,11H,10H2,1-2H3. The second kappa shape index (κ2) is 9.03. The summed E-state index contributed by atoms with van der Waals surface area (Å²) in [7, 11) is 3.23. The van der Waals surface area contributed by atoms with Crippen LogP contribution in [-0.4, -0.2) is 28.6 Å². The van der Waals surface area contributed by atoms with Crippen molar-refractivity contribution in [2.24, 2.45) is 0 Å². The normalized spacial score (nSPS) is 10.9. The average Bonchev–Trinajstić information content (AvgIpc) is 3.31. The minimum atomic E-state index is -0.420. The van der Waals surface area contributed by atoms with Gasteiger partial charge in [-0.05, 0) is 42.3 Å². The van der Waals surface area contributed by atoms with Gasteiger partial charge in [0.1, 0.15) is 28.8 Å². The number of halogens is 2. The van der Waals surface area contributed by atoms with Crippen molar-refractivity contribution in [1.29, 1.82) is 0 Å². The van der Waals surface area contributed by atoms with E-state index in [1.807, 2.05) is 28.6 Å². The van der Waals surface area contributed by atoms with E-state index in [2.05, 4.69) is 14.3 Å². The molecule has 4 rings (SSSR count). The Labute approximate surface area is 185 Å². The van der Waals surface area contributed by atoms with E-state index in [4.69, 9.17) is 21.1 Å². The summed E-state index contributed by atoms with van der Waals surface area (Å²) in [5.74, 6) is 0.990. The predicted molar refractivity (Wildman–Crippen MR) is 118 cm³/mol. The van der Waals surface area contributed by atoms with Crippen LogP contribution in [0.4, 0.5) is 9.52 Å². The van der Waals surface area contributed by atoms with Crippen molar-refractivity contribution in [3.63, 3.8) is 0 Å². The second-order valence-corrected chi connectivity index (χ2v) is 8.35. The van der Waals surface area contributed by atoms with Crippen molar-refractivity contribution >= 4 is 51.0 Å². The zero-order chi connectivity index (χ0) is 21.1. The fourth-order valence-corrected chi connectivity index (χ4v) is 4.64. The van der Waals surface area contributed by atoms with E-state index in [0.717, 1.165) is 16.7 Å². The first-order chi connectivity index (χ1) is 14.6. The van der Waals surface area contributed by atoms with E-state index in [9.17, 15) is 4.39 Å². The number of fused-ring (bicyclic) bond motifs is 1. The number of methoxy groups -OCH3 is 2. The monoisotopic (exact) mass is 462 g/mol. The van der Waals surface area contributed by atoms with Gasteiger partial charge in [-0.3, -0.25) is 4.31 Å². The number of aromatic nitrogens is 3. The largest absolute Gasteiger partial charge is 0.497 e. The molecule has 0 bridgehead atoms. The molecule has 10 heteroatoms. The molecule has 0 fully saturated rings. The number of hydrogen-bond acceptors (Lipinski definition) is 8. The highest BCUT2D eigenvalue weighted by molar-refractivity contribution is 8.00. The van der Waals surface area contributed by atoms with Crippen LogP contribution in [0.15, 0.2) is 53.8 Å². The maximum atomic E-state index is 14.3. The van der Waals surface area contributed by atoms with E-state index in [1.54, 1.807) is 26.4 Å². The predicted octanol–water partition coefficient (Wildman–Crippen LogP) is 5.61. The van der Waals surface area contributed by atoms with Crippen LogP contribution in [0.5, 0.6) is 11.5 Å². The molecule has 0 aliphatic heterocycles. The summed E-state index contributed by atoms with van der Waals surface area (Å²) in [5.41, 5.74) is 0.945. The molecule has 0 saturated heterocycles. The topological polar surface area (TPSA) is 60.4 Å². The molecule has 0 spiro atoms. The van der Waals surface area contributed by atoms with E-state index in [0.29, 0.717) is 33.9 Å². The molecule has 2 aromatic heterocycles. The molecule has 30 heavy (non-hydrogen) atoms. The van der Waals surface area contributed by atoms with Crippen LogP contribution in [0.3, 0.4) is 0 Å². The number of anilines is 1. The Morgan fingerprint density at radius 2 is 1.97 bits per heavy atom. The van der Waals surface area contributed by atoms with Gasteiger partial charge >= 0.3 is 0 Å². The van der Waals surface area contributed by atoms with E-state index >= 15 is 0 Å². The van der Waals surface area contributed by atoms with Crippen LogP contribution in [0.2, 0.25) is 5.15 Å². The Kier molecular flexibility index (Phi) is 6.21. The van der Waals surface area contributed by atoms with Gasteiger partial charge in [-0.25, -0.2) is 14.4 Å². The lowest BCUT2D eigenvalue weighted by atomic mass is 10.2. The summed E-state index contributed by atoms with van der Waals surface area (Å²) in [4.78, 5) is 9.02. The van der Waals surface area contributed by atoms with Crippen molar-refractivity contribution in [3.8, 4) is 11.5 Å². The molecule has 0 unspecified atom stereocenters. The van der Waals surface area contributed by atoms with Crippen LogP contribution < -0.4 is 13.8 Å². The molecular weight excluding hydrogens is 447 g/mol. The molecule has 2 aromatic carbocycles. The number of pyridine rings is 1. The zero-order valence-electron chi connectivity index (χ0n) is 16.0. The lowest BCUT2D eigenvalue weighted by molar-refractivity contribution is 0.391. The summed E-state index contributed by atoms with van der Waals surface area (Å²) in [5, 5.41) is 1.97. The molecular formula is C20H16ClFN4O2S2. The Hall–Kier alpha value is -2.62. The quantitative estimate of drug-likeness (QED) is 0.261.